The third-order valence-corrected chi connectivity index (χ3v) is 5.59. The molecule has 0 atom stereocenters. The summed E-state index contributed by atoms with van der Waals surface area (Å²) in [6.45, 7) is 3.18. The van der Waals surface area contributed by atoms with Crippen LogP contribution in [0.5, 0.6) is 0 Å². The Labute approximate surface area is 221 Å². The Morgan fingerprint density at radius 2 is 1.67 bits per heavy atom. The summed E-state index contributed by atoms with van der Waals surface area (Å²) in [5, 5.41) is 6.78. The molecule has 0 radical (unpaired) electrons. The molecular formula is C25H29F3N8O3. The summed E-state index contributed by atoms with van der Waals surface area (Å²) in [7, 11) is 0. The van der Waals surface area contributed by atoms with Gasteiger partial charge in [0.1, 0.15) is 5.82 Å². The summed E-state index contributed by atoms with van der Waals surface area (Å²) in [5.41, 5.74) is 11.4. The van der Waals surface area contributed by atoms with Gasteiger partial charge in [0.25, 0.3) is 5.56 Å². The largest absolute Gasteiger partial charge is 0.352 e. The maximum Gasteiger partial charge on any atom is 0.326 e. The molecule has 1 aromatic heterocycles. The number of aromatic nitrogens is 2. The van der Waals surface area contributed by atoms with Gasteiger partial charge in [-0.15, -0.1) is 0 Å². The maximum atomic E-state index is 13.7. The van der Waals surface area contributed by atoms with E-state index >= 15 is 0 Å². The number of anilines is 2. The number of amides is 4. The van der Waals surface area contributed by atoms with Gasteiger partial charge >= 0.3 is 12.1 Å². The fourth-order valence-corrected chi connectivity index (χ4v) is 3.69. The third kappa shape index (κ3) is 8.83. The highest BCUT2D eigenvalue weighted by Gasteiger charge is 2.14. The minimum absolute atomic E-state index is 0.234. The van der Waals surface area contributed by atoms with Crippen molar-refractivity contribution in [2.45, 2.75) is 19.4 Å². The van der Waals surface area contributed by atoms with E-state index in [2.05, 4.69) is 25.5 Å². The molecule has 11 nitrogen and oxygen atoms in total. The summed E-state index contributed by atoms with van der Waals surface area (Å²) < 4.78 is 40.1. The van der Waals surface area contributed by atoms with E-state index in [1.807, 2.05) is 17.4 Å². The van der Waals surface area contributed by atoms with Gasteiger partial charge in [0.05, 0.1) is 11.3 Å². The highest BCUT2D eigenvalue weighted by Crippen LogP contribution is 2.19. The number of benzene rings is 2. The molecule has 3 rings (SSSR count). The Morgan fingerprint density at radius 3 is 2.33 bits per heavy atom. The Bertz CT molecular complexity index is 1350. The molecule has 8 N–H and O–H groups in total. The second-order valence-corrected chi connectivity index (χ2v) is 8.56. The van der Waals surface area contributed by atoms with Gasteiger partial charge in [-0.25, -0.2) is 27.7 Å². The number of urea groups is 2. The zero-order valence-electron chi connectivity index (χ0n) is 20.9. The zero-order valence-corrected chi connectivity index (χ0v) is 20.9. The molecule has 0 spiro atoms. The number of carbonyl (C=O) groups is 2. The molecule has 14 heteroatoms. The molecule has 0 fully saturated rings. The van der Waals surface area contributed by atoms with Crippen molar-refractivity contribution in [1.29, 1.82) is 0 Å². The van der Waals surface area contributed by atoms with Crippen molar-refractivity contribution < 1.29 is 22.8 Å². The van der Waals surface area contributed by atoms with Gasteiger partial charge < -0.3 is 22.1 Å². The van der Waals surface area contributed by atoms with Gasteiger partial charge in [-0.05, 0) is 37.1 Å². The molecule has 2 aromatic carbocycles. The molecule has 0 aliphatic rings. The number of primary amides is 1. The van der Waals surface area contributed by atoms with Crippen LogP contribution in [0.3, 0.4) is 0 Å². The average molecular weight is 547 g/mol. The molecule has 0 saturated carbocycles. The van der Waals surface area contributed by atoms with Gasteiger partial charge in [-0.2, -0.15) is 0 Å². The third-order valence-electron chi connectivity index (χ3n) is 5.59. The van der Waals surface area contributed by atoms with Crippen LogP contribution < -0.4 is 33.0 Å². The first kappa shape index (κ1) is 29.1. The van der Waals surface area contributed by atoms with Crippen LogP contribution >= 0.6 is 0 Å². The van der Waals surface area contributed by atoms with E-state index in [-0.39, 0.29) is 11.5 Å². The Hall–Kier alpha value is -4.43. The number of halogens is 3. The number of hydrogen-bond donors (Lipinski definition) is 6. The first-order chi connectivity index (χ1) is 18.7. The van der Waals surface area contributed by atoms with Crippen LogP contribution in [0.1, 0.15) is 18.4 Å². The zero-order chi connectivity index (χ0) is 28.4. The molecule has 3 aromatic rings. The van der Waals surface area contributed by atoms with E-state index in [1.165, 1.54) is 6.20 Å². The van der Waals surface area contributed by atoms with Crippen LogP contribution in [-0.2, 0) is 6.54 Å². The lowest BCUT2D eigenvalue weighted by Crippen LogP contribution is -2.33. The van der Waals surface area contributed by atoms with E-state index in [4.69, 9.17) is 11.5 Å². The van der Waals surface area contributed by atoms with Crippen LogP contribution in [0.4, 0.5) is 34.4 Å². The monoisotopic (exact) mass is 546 g/mol. The van der Waals surface area contributed by atoms with Crippen molar-refractivity contribution >= 4 is 23.7 Å². The van der Waals surface area contributed by atoms with Crippen LogP contribution in [-0.4, -0.2) is 53.1 Å². The minimum atomic E-state index is -1.40. The topological polar surface area (TPSA) is 171 Å². The molecule has 0 saturated heterocycles. The number of carbonyl (C=O) groups excluding carboxylic acids is 2. The fraction of sp³-hybridized carbons (Fsp3) is 0.280. The second-order valence-electron chi connectivity index (χ2n) is 8.56. The number of nitrogens with one attached hydrogen (secondary N) is 4. The smallest absolute Gasteiger partial charge is 0.326 e. The molecule has 208 valence electrons. The van der Waals surface area contributed by atoms with Crippen molar-refractivity contribution in [3.63, 3.8) is 0 Å². The number of nitrogens with zero attached hydrogens (tertiary/aromatic N) is 2. The lowest BCUT2D eigenvalue weighted by atomic mass is 10.1. The number of H-pyrrole nitrogens is 1. The van der Waals surface area contributed by atoms with Crippen molar-refractivity contribution in [3.8, 4) is 11.1 Å². The lowest BCUT2D eigenvalue weighted by molar-refractivity contribution is 0.243. The van der Waals surface area contributed by atoms with E-state index in [9.17, 15) is 27.6 Å². The summed E-state index contributed by atoms with van der Waals surface area (Å²) in [4.78, 5) is 44.2. The van der Waals surface area contributed by atoms with Crippen LogP contribution in [0.2, 0.25) is 0 Å². The van der Waals surface area contributed by atoms with E-state index in [1.54, 1.807) is 12.1 Å². The molecule has 1 heterocycles. The SMILES string of the molecule is NCCCN(CCCNC(N)=O)Cc1ccc(-c2cnc(NC(=O)Nc3cc(F)c(F)cc3F)[nH]c2=O)cc1. The summed E-state index contributed by atoms with van der Waals surface area (Å²) >= 11 is 0. The summed E-state index contributed by atoms with van der Waals surface area (Å²) in [5.74, 6) is -4.14. The molecule has 4 amide bonds. The Morgan fingerprint density at radius 1 is 0.974 bits per heavy atom. The van der Waals surface area contributed by atoms with E-state index < -0.39 is 40.8 Å². The predicted molar refractivity (Wildman–Crippen MR) is 140 cm³/mol. The molecule has 0 aliphatic carbocycles. The highest BCUT2D eigenvalue weighted by atomic mass is 19.2. The summed E-state index contributed by atoms with van der Waals surface area (Å²) in [6, 6.07) is 6.49. The maximum absolute atomic E-state index is 13.7. The minimum Gasteiger partial charge on any atom is -0.352 e. The van der Waals surface area contributed by atoms with Gasteiger partial charge in [-0.1, -0.05) is 24.3 Å². The lowest BCUT2D eigenvalue weighted by Gasteiger charge is -2.22. The van der Waals surface area contributed by atoms with Gasteiger partial charge in [0.2, 0.25) is 5.95 Å². The van der Waals surface area contributed by atoms with Crippen molar-refractivity contribution in [2.75, 3.05) is 36.8 Å². The molecule has 39 heavy (non-hydrogen) atoms. The summed E-state index contributed by atoms with van der Waals surface area (Å²) in [6.07, 6.45) is 2.80. The van der Waals surface area contributed by atoms with E-state index in [0.717, 1.165) is 31.5 Å². The Balaban J connectivity index is 1.62. The molecule has 0 aliphatic heterocycles. The molecule has 0 unspecified atom stereocenters. The van der Waals surface area contributed by atoms with Crippen molar-refractivity contribution in [1.82, 2.24) is 20.2 Å². The molecule has 0 bridgehead atoms. The highest BCUT2D eigenvalue weighted by molar-refractivity contribution is 5.98. The second kappa shape index (κ2) is 13.9. The number of aromatic amines is 1. The number of rotatable bonds is 12. The quantitative estimate of drug-likeness (QED) is 0.151. The van der Waals surface area contributed by atoms with Crippen LogP contribution in [0.15, 0.2) is 47.4 Å². The normalized spacial score (nSPS) is 10.9. The first-order valence-electron chi connectivity index (χ1n) is 12.0. The number of hydrogen-bond acceptors (Lipinski definition) is 6. The van der Waals surface area contributed by atoms with Gasteiger partial charge in [0, 0.05) is 38.0 Å². The first-order valence-corrected chi connectivity index (χ1v) is 12.0. The molecular weight excluding hydrogens is 517 g/mol. The Kier molecular flexibility index (Phi) is 10.4. The average Bonchev–Trinajstić information content (AvgIpc) is 2.88. The predicted octanol–water partition coefficient (Wildman–Crippen LogP) is 2.71. The standard InChI is InChI=1S/C25H29F3N8O3/c26-18-11-20(28)21(12-19(18)27)33-25(39)35-24-32-13-17(22(37)34-24)16-5-3-15(4-6-16)14-36(9-1-7-29)10-2-8-31-23(30)38/h3-6,11-13H,1-2,7-10,14,29H2,(H3,30,31,38)(H3,32,33,34,35,37,39). The fourth-order valence-electron chi connectivity index (χ4n) is 3.69. The van der Waals surface area contributed by atoms with Crippen LogP contribution in [0, 0.1) is 17.5 Å². The number of nitrogens with two attached hydrogens (primary N) is 2. The van der Waals surface area contributed by atoms with Crippen molar-refractivity contribution in [2.24, 2.45) is 11.5 Å². The van der Waals surface area contributed by atoms with Crippen molar-refractivity contribution in [3.05, 3.63) is 76.0 Å². The van der Waals surface area contributed by atoms with Gasteiger partial charge in [-0.3, -0.25) is 20.0 Å². The van der Waals surface area contributed by atoms with Gasteiger partial charge in [0.15, 0.2) is 11.6 Å². The van der Waals surface area contributed by atoms with Crippen LogP contribution in [0.25, 0.3) is 11.1 Å². The van der Waals surface area contributed by atoms with E-state index in [0.29, 0.717) is 37.3 Å².